The fourth-order valence-corrected chi connectivity index (χ4v) is 2.63. The normalized spacial score (nSPS) is 17.8. The molecule has 0 aromatic carbocycles. The lowest BCUT2D eigenvalue weighted by Crippen LogP contribution is -2.44. The highest BCUT2D eigenvalue weighted by molar-refractivity contribution is 5.94. The molecule has 1 aromatic rings. The van der Waals surface area contributed by atoms with Crippen molar-refractivity contribution in [1.29, 1.82) is 0 Å². The molecular weight excluding hydrogens is 268 g/mol. The highest BCUT2D eigenvalue weighted by Gasteiger charge is 2.34. The number of carboxylic acids is 1. The molecule has 0 unspecified atom stereocenters. The van der Waals surface area contributed by atoms with E-state index in [4.69, 9.17) is 5.11 Å². The maximum atomic E-state index is 12.4. The SMILES string of the molecule is CC(C)C1(C)CCN(C(=O)c2cccc(C(=O)O)n2)CC1. The number of amides is 1. The molecule has 114 valence electrons. The van der Waals surface area contributed by atoms with Gasteiger partial charge in [-0.05, 0) is 36.3 Å². The quantitative estimate of drug-likeness (QED) is 0.929. The number of likely N-dealkylation sites (tertiary alicyclic amines) is 1. The number of hydrogen-bond acceptors (Lipinski definition) is 3. The van der Waals surface area contributed by atoms with Crippen molar-refractivity contribution in [1.82, 2.24) is 9.88 Å². The number of hydrogen-bond donors (Lipinski definition) is 1. The van der Waals surface area contributed by atoms with Crippen molar-refractivity contribution in [3.05, 3.63) is 29.6 Å². The molecule has 1 aliphatic heterocycles. The van der Waals surface area contributed by atoms with Crippen LogP contribution in [-0.4, -0.2) is 40.0 Å². The highest BCUT2D eigenvalue weighted by Crippen LogP contribution is 2.38. The summed E-state index contributed by atoms with van der Waals surface area (Å²) < 4.78 is 0. The van der Waals surface area contributed by atoms with Crippen LogP contribution in [0.4, 0.5) is 0 Å². The van der Waals surface area contributed by atoms with E-state index in [2.05, 4.69) is 25.8 Å². The number of carbonyl (C=O) groups is 2. The van der Waals surface area contributed by atoms with Crippen LogP contribution in [0.1, 0.15) is 54.6 Å². The topological polar surface area (TPSA) is 70.5 Å². The number of carboxylic acid groups (broad SMARTS) is 1. The van der Waals surface area contributed by atoms with Gasteiger partial charge in [0.15, 0.2) is 0 Å². The van der Waals surface area contributed by atoms with E-state index < -0.39 is 5.97 Å². The fraction of sp³-hybridized carbons (Fsp3) is 0.562. The smallest absolute Gasteiger partial charge is 0.354 e. The van der Waals surface area contributed by atoms with Crippen molar-refractivity contribution in [2.45, 2.75) is 33.6 Å². The lowest BCUT2D eigenvalue weighted by atomic mass is 9.72. The van der Waals surface area contributed by atoms with Crippen LogP contribution in [-0.2, 0) is 0 Å². The number of aromatic nitrogens is 1. The Morgan fingerprint density at radius 1 is 1.24 bits per heavy atom. The van der Waals surface area contributed by atoms with Crippen molar-refractivity contribution >= 4 is 11.9 Å². The number of carbonyl (C=O) groups excluding carboxylic acids is 1. The van der Waals surface area contributed by atoms with Crippen LogP contribution < -0.4 is 0 Å². The minimum absolute atomic E-state index is 0.0927. The van der Waals surface area contributed by atoms with E-state index in [0.29, 0.717) is 19.0 Å². The summed E-state index contributed by atoms with van der Waals surface area (Å²) >= 11 is 0. The van der Waals surface area contributed by atoms with Gasteiger partial charge in [0.05, 0.1) is 0 Å². The van der Waals surface area contributed by atoms with E-state index in [1.165, 1.54) is 6.07 Å². The Balaban J connectivity index is 2.09. The lowest BCUT2D eigenvalue weighted by molar-refractivity contribution is 0.0503. The summed E-state index contributed by atoms with van der Waals surface area (Å²) in [6.45, 7) is 8.10. The molecule has 0 aliphatic carbocycles. The summed E-state index contributed by atoms with van der Waals surface area (Å²) in [5.74, 6) is -0.706. The van der Waals surface area contributed by atoms with Gasteiger partial charge in [0.2, 0.25) is 0 Å². The summed E-state index contributed by atoms with van der Waals surface area (Å²) in [5.41, 5.74) is 0.389. The maximum absolute atomic E-state index is 12.4. The summed E-state index contributed by atoms with van der Waals surface area (Å²) in [6, 6.07) is 4.53. The molecule has 0 radical (unpaired) electrons. The third-order valence-electron chi connectivity index (χ3n) is 4.77. The maximum Gasteiger partial charge on any atom is 0.354 e. The predicted octanol–water partition coefficient (Wildman–Crippen LogP) is 2.68. The van der Waals surface area contributed by atoms with Crippen molar-refractivity contribution in [2.24, 2.45) is 11.3 Å². The Morgan fingerprint density at radius 2 is 1.81 bits per heavy atom. The van der Waals surface area contributed by atoms with Gasteiger partial charge in [0.25, 0.3) is 5.91 Å². The van der Waals surface area contributed by atoms with Gasteiger partial charge in [-0.15, -0.1) is 0 Å². The molecule has 1 aliphatic rings. The van der Waals surface area contributed by atoms with Gasteiger partial charge in [-0.25, -0.2) is 9.78 Å². The van der Waals surface area contributed by atoms with E-state index in [1.807, 2.05) is 0 Å². The predicted molar refractivity (Wildman–Crippen MR) is 79.3 cm³/mol. The van der Waals surface area contributed by atoms with Crippen LogP contribution in [0.25, 0.3) is 0 Å². The zero-order valence-corrected chi connectivity index (χ0v) is 12.8. The van der Waals surface area contributed by atoms with Gasteiger partial charge in [-0.2, -0.15) is 0 Å². The first kappa shape index (κ1) is 15.5. The average Bonchev–Trinajstić information content (AvgIpc) is 2.47. The van der Waals surface area contributed by atoms with E-state index in [1.54, 1.807) is 17.0 Å². The van der Waals surface area contributed by atoms with Gasteiger partial charge in [0, 0.05) is 13.1 Å². The van der Waals surface area contributed by atoms with Crippen LogP contribution in [0.5, 0.6) is 0 Å². The van der Waals surface area contributed by atoms with Crippen LogP contribution in [0.2, 0.25) is 0 Å². The Bertz CT molecular complexity index is 546. The minimum atomic E-state index is -1.12. The number of nitrogens with zero attached hydrogens (tertiary/aromatic N) is 2. The standard InChI is InChI=1S/C16H22N2O3/c1-11(2)16(3)7-9-18(10-8-16)14(19)12-5-4-6-13(17-12)15(20)21/h4-6,11H,7-10H2,1-3H3,(H,20,21). The summed E-state index contributed by atoms with van der Waals surface area (Å²) in [4.78, 5) is 29.1. The summed E-state index contributed by atoms with van der Waals surface area (Å²) in [7, 11) is 0. The van der Waals surface area contributed by atoms with E-state index >= 15 is 0 Å². The van der Waals surface area contributed by atoms with Crippen molar-refractivity contribution in [3.63, 3.8) is 0 Å². The summed E-state index contributed by atoms with van der Waals surface area (Å²) in [6.07, 6.45) is 1.93. The molecule has 1 N–H and O–H groups in total. The molecule has 0 spiro atoms. The second kappa shape index (κ2) is 5.84. The Labute approximate surface area is 125 Å². The van der Waals surface area contributed by atoms with Crippen LogP contribution in [0.15, 0.2) is 18.2 Å². The number of aromatic carboxylic acids is 1. The molecule has 5 nitrogen and oxygen atoms in total. The van der Waals surface area contributed by atoms with Gasteiger partial charge >= 0.3 is 5.97 Å². The third-order valence-corrected chi connectivity index (χ3v) is 4.77. The van der Waals surface area contributed by atoms with Crippen LogP contribution >= 0.6 is 0 Å². The molecule has 0 saturated carbocycles. The largest absolute Gasteiger partial charge is 0.477 e. The molecule has 1 saturated heterocycles. The van der Waals surface area contributed by atoms with Gasteiger partial charge in [-0.1, -0.05) is 26.8 Å². The van der Waals surface area contributed by atoms with Crippen molar-refractivity contribution < 1.29 is 14.7 Å². The second-order valence-electron chi connectivity index (χ2n) is 6.31. The van der Waals surface area contributed by atoms with Gasteiger partial charge in [0.1, 0.15) is 11.4 Å². The van der Waals surface area contributed by atoms with Gasteiger partial charge < -0.3 is 10.0 Å². The molecule has 5 heteroatoms. The monoisotopic (exact) mass is 290 g/mol. The second-order valence-corrected chi connectivity index (χ2v) is 6.31. The zero-order valence-electron chi connectivity index (χ0n) is 12.8. The number of rotatable bonds is 3. The van der Waals surface area contributed by atoms with E-state index in [-0.39, 0.29) is 22.7 Å². The third kappa shape index (κ3) is 3.23. The fourth-order valence-electron chi connectivity index (χ4n) is 2.63. The number of pyridine rings is 1. The van der Waals surface area contributed by atoms with Crippen LogP contribution in [0.3, 0.4) is 0 Å². The van der Waals surface area contributed by atoms with Crippen molar-refractivity contribution in [3.8, 4) is 0 Å². The molecular formula is C16H22N2O3. The van der Waals surface area contributed by atoms with E-state index in [0.717, 1.165) is 12.8 Å². The van der Waals surface area contributed by atoms with Crippen LogP contribution in [0, 0.1) is 11.3 Å². The first-order valence-corrected chi connectivity index (χ1v) is 7.33. The van der Waals surface area contributed by atoms with Gasteiger partial charge in [-0.3, -0.25) is 4.79 Å². The Morgan fingerprint density at radius 3 is 2.33 bits per heavy atom. The molecule has 2 heterocycles. The first-order valence-electron chi connectivity index (χ1n) is 7.33. The first-order chi connectivity index (χ1) is 9.83. The molecule has 0 bridgehead atoms. The zero-order chi connectivity index (χ0) is 15.6. The average molecular weight is 290 g/mol. The number of piperidine rings is 1. The molecule has 2 rings (SSSR count). The molecule has 1 amide bonds. The highest BCUT2D eigenvalue weighted by atomic mass is 16.4. The van der Waals surface area contributed by atoms with Crippen molar-refractivity contribution in [2.75, 3.05) is 13.1 Å². The minimum Gasteiger partial charge on any atom is -0.477 e. The Kier molecular flexibility index (Phi) is 4.30. The molecule has 1 fully saturated rings. The Hall–Kier alpha value is -1.91. The summed E-state index contributed by atoms with van der Waals surface area (Å²) in [5, 5.41) is 8.94. The molecule has 0 atom stereocenters. The van der Waals surface area contributed by atoms with E-state index in [9.17, 15) is 9.59 Å². The lowest BCUT2D eigenvalue weighted by Gasteiger charge is -2.42. The molecule has 1 aromatic heterocycles. The molecule has 21 heavy (non-hydrogen) atoms.